The van der Waals surface area contributed by atoms with Crippen molar-refractivity contribution in [2.24, 2.45) is 19.8 Å². The average molecular weight is 382 g/mol. The fraction of sp³-hybridized carbons (Fsp3) is 0.450. The first kappa shape index (κ1) is 18.5. The molecule has 1 aliphatic rings. The van der Waals surface area contributed by atoms with Crippen LogP contribution in [0.5, 0.6) is 0 Å². The predicted octanol–water partition coefficient (Wildman–Crippen LogP) is 0.967. The Morgan fingerprint density at radius 3 is 2.39 bits per heavy atom. The number of fused-ring (bicyclic) bond motifs is 1. The third-order valence-corrected chi connectivity index (χ3v) is 5.45. The van der Waals surface area contributed by atoms with Crippen molar-refractivity contribution in [3.63, 3.8) is 0 Å². The second kappa shape index (κ2) is 6.63. The zero-order valence-electron chi connectivity index (χ0n) is 16.8. The quantitative estimate of drug-likeness (QED) is 0.713. The van der Waals surface area contributed by atoms with Gasteiger partial charge < -0.3 is 10.6 Å². The van der Waals surface area contributed by atoms with Gasteiger partial charge in [-0.05, 0) is 49.9 Å². The highest BCUT2D eigenvalue weighted by Crippen LogP contribution is 2.27. The number of piperidine rings is 1. The number of aromatic nitrogens is 4. The van der Waals surface area contributed by atoms with Crippen LogP contribution in [0.4, 0.5) is 5.95 Å². The van der Waals surface area contributed by atoms with Crippen LogP contribution in [0.2, 0.25) is 0 Å². The SMILES string of the molecule is Cc1cc(C)cc(-n2c(N3CCCC(N)C3)nc3c2c(=O)n(C)c(=O)n3C)c1. The second-order valence-electron chi connectivity index (χ2n) is 7.82. The molecule has 3 heterocycles. The van der Waals surface area contributed by atoms with Crippen LogP contribution in [-0.2, 0) is 14.1 Å². The van der Waals surface area contributed by atoms with Crippen LogP contribution in [0.1, 0.15) is 24.0 Å². The van der Waals surface area contributed by atoms with E-state index >= 15 is 0 Å². The first-order valence-corrected chi connectivity index (χ1v) is 9.55. The molecule has 2 N–H and O–H groups in total. The van der Waals surface area contributed by atoms with Crippen molar-refractivity contribution in [2.75, 3.05) is 18.0 Å². The Morgan fingerprint density at radius 1 is 1.07 bits per heavy atom. The van der Waals surface area contributed by atoms with Gasteiger partial charge in [0.1, 0.15) is 0 Å². The lowest BCUT2D eigenvalue weighted by Gasteiger charge is -2.32. The number of anilines is 1. The Morgan fingerprint density at radius 2 is 1.75 bits per heavy atom. The molecule has 1 fully saturated rings. The van der Waals surface area contributed by atoms with E-state index in [2.05, 4.69) is 11.0 Å². The molecular weight excluding hydrogens is 356 g/mol. The van der Waals surface area contributed by atoms with Gasteiger partial charge in [0.15, 0.2) is 11.2 Å². The van der Waals surface area contributed by atoms with Crippen LogP contribution in [0.25, 0.3) is 16.9 Å². The number of aryl methyl sites for hydroxylation is 3. The number of benzene rings is 1. The maximum atomic E-state index is 13.1. The minimum absolute atomic E-state index is 0.0629. The molecule has 1 atom stereocenters. The average Bonchev–Trinajstić information content (AvgIpc) is 3.05. The summed E-state index contributed by atoms with van der Waals surface area (Å²) in [7, 11) is 3.15. The molecule has 4 rings (SSSR count). The first-order chi connectivity index (χ1) is 13.3. The smallest absolute Gasteiger partial charge is 0.332 e. The molecule has 0 radical (unpaired) electrons. The molecule has 1 aliphatic heterocycles. The summed E-state index contributed by atoms with van der Waals surface area (Å²) in [5.41, 5.74) is 9.32. The van der Waals surface area contributed by atoms with E-state index in [0.29, 0.717) is 23.7 Å². The van der Waals surface area contributed by atoms with E-state index in [9.17, 15) is 9.59 Å². The molecule has 8 nitrogen and oxygen atoms in total. The molecule has 0 bridgehead atoms. The molecule has 1 saturated heterocycles. The van der Waals surface area contributed by atoms with Gasteiger partial charge in [-0.3, -0.25) is 18.5 Å². The second-order valence-corrected chi connectivity index (χ2v) is 7.82. The molecule has 148 valence electrons. The van der Waals surface area contributed by atoms with E-state index in [-0.39, 0.29) is 17.3 Å². The normalized spacial score (nSPS) is 17.5. The van der Waals surface area contributed by atoms with Crippen LogP contribution in [0.15, 0.2) is 27.8 Å². The van der Waals surface area contributed by atoms with Gasteiger partial charge in [0.05, 0.1) is 0 Å². The Hall–Kier alpha value is -2.87. The van der Waals surface area contributed by atoms with Crippen LogP contribution in [0.3, 0.4) is 0 Å². The molecular formula is C20H26N6O2. The molecule has 0 amide bonds. The van der Waals surface area contributed by atoms with Crippen LogP contribution in [-0.4, -0.2) is 37.8 Å². The summed E-state index contributed by atoms with van der Waals surface area (Å²) >= 11 is 0. The van der Waals surface area contributed by atoms with Gasteiger partial charge in [0.2, 0.25) is 5.95 Å². The standard InChI is InChI=1S/C20H26N6O2/c1-12-8-13(2)10-15(9-12)26-16-17(23(3)20(28)24(4)18(16)27)22-19(26)25-7-5-6-14(21)11-25/h8-10,14H,5-7,11,21H2,1-4H3. The zero-order chi connectivity index (χ0) is 20.2. The van der Waals surface area contributed by atoms with Crippen molar-refractivity contribution in [3.05, 3.63) is 50.2 Å². The lowest BCUT2D eigenvalue weighted by Crippen LogP contribution is -2.44. The number of nitrogens with two attached hydrogens (primary N) is 1. The topological polar surface area (TPSA) is 91.1 Å². The fourth-order valence-electron chi connectivity index (χ4n) is 4.11. The van der Waals surface area contributed by atoms with Gasteiger partial charge in [0.25, 0.3) is 5.56 Å². The zero-order valence-corrected chi connectivity index (χ0v) is 16.8. The summed E-state index contributed by atoms with van der Waals surface area (Å²) in [5, 5.41) is 0. The van der Waals surface area contributed by atoms with E-state index in [1.165, 1.54) is 11.6 Å². The lowest BCUT2D eigenvalue weighted by molar-refractivity contribution is 0.499. The molecule has 0 spiro atoms. The molecule has 28 heavy (non-hydrogen) atoms. The number of hydrogen-bond acceptors (Lipinski definition) is 5. The summed E-state index contributed by atoms with van der Waals surface area (Å²) in [4.78, 5) is 32.4. The molecule has 2 aromatic heterocycles. The Kier molecular flexibility index (Phi) is 4.38. The monoisotopic (exact) mass is 382 g/mol. The largest absolute Gasteiger partial charge is 0.340 e. The van der Waals surface area contributed by atoms with Crippen molar-refractivity contribution in [2.45, 2.75) is 32.7 Å². The minimum Gasteiger partial charge on any atom is -0.340 e. The highest BCUT2D eigenvalue weighted by Gasteiger charge is 2.26. The van der Waals surface area contributed by atoms with Crippen molar-refractivity contribution in [3.8, 4) is 5.69 Å². The summed E-state index contributed by atoms with van der Waals surface area (Å²) in [5.74, 6) is 0.661. The van der Waals surface area contributed by atoms with Gasteiger partial charge in [-0.15, -0.1) is 0 Å². The summed E-state index contributed by atoms with van der Waals surface area (Å²) < 4.78 is 4.45. The molecule has 8 heteroatoms. The fourth-order valence-corrected chi connectivity index (χ4v) is 4.11. The summed E-state index contributed by atoms with van der Waals surface area (Å²) in [6.07, 6.45) is 1.94. The van der Waals surface area contributed by atoms with E-state index in [0.717, 1.165) is 40.8 Å². The number of hydrogen-bond donors (Lipinski definition) is 1. The Labute approximate surface area is 162 Å². The van der Waals surface area contributed by atoms with E-state index in [1.54, 1.807) is 7.05 Å². The van der Waals surface area contributed by atoms with E-state index < -0.39 is 0 Å². The summed E-state index contributed by atoms with van der Waals surface area (Å²) in [6.45, 7) is 5.54. The number of nitrogens with zero attached hydrogens (tertiary/aromatic N) is 5. The first-order valence-electron chi connectivity index (χ1n) is 9.55. The highest BCUT2D eigenvalue weighted by molar-refractivity contribution is 5.78. The number of imidazole rings is 1. The molecule has 3 aromatic rings. The Balaban J connectivity index is 2.11. The van der Waals surface area contributed by atoms with Crippen molar-refractivity contribution in [1.82, 2.24) is 18.7 Å². The third-order valence-electron chi connectivity index (χ3n) is 5.45. The van der Waals surface area contributed by atoms with Crippen molar-refractivity contribution in [1.29, 1.82) is 0 Å². The van der Waals surface area contributed by atoms with Gasteiger partial charge in [0, 0.05) is 38.9 Å². The van der Waals surface area contributed by atoms with Crippen molar-refractivity contribution < 1.29 is 0 Å². The Bertz CT molecular complexity index is 1170. The highest BCUT2D eigenvalue weighted by atomic mass is 16.2. The van der Waals surface area contributed by atoms with Gasteiger partial charge in [-0.25, -0.2) is 4.79 Å². The van der Waals surface area contributed by atoms with Crippen molar-refractivity contribution >= 4 is 17.1 Å². The molecule has 1 aromatic carbocycles. The molecule has 0 saturated carbocycles. The summed E-state index contributed by atoms with van der Waals surface area (Å²) in [6, 6.07) is 6.22. The van der Waals surface area contributed by atoms with E-state index in [4.69, 9.17) is 10.7 Å². The molecule has 1 unspecified atom stereocenters. The number of rotatable bonds is 2. The van der Waals surface area contributed by atoms with Crippen LogP contribution in [0, 0.1) is 13.8 Å². The predicted molar refractivity (Wildman–Crippen MR) is 110 cm³/mol. The van der Waals surface area contributed by atoms with Crippen LogP contribution < -0.4 is 21.9 Å². The lowest BCUT2D eigenvalue weighted by atomic mass is 10.1. The maximum Gasteiger partial charge on any atom is 0.332 e. The minimum atomic E-state index is -0.385. The maximum absolute atomic E-state index is 13.1. The van der Waals surface area contributed by atoms with Crippen LogP contribution >= 0.6 is 0 Å². The van der Waals surface area contributed by atoms with Gasteiger partial charge in [-0.1, -0.05) is 6.07 Å². The van der Waals surface area contributed by atoms with E-state index in [1.807, 2.05) is 30.5 Å². The third kappa shape index (κ3) is 2.84. The van der Waals surface area contributed by atoms with Gasteiger partial charge in [-0.2, -0.15) is 4.98 Å². The molecule has 0 aliphatic carbocycles. The van der Waals surface area contributed by atoms with Gasteiger partial charge >= 0.3 is 5.69 Å².